The molecular weight excluding hydrogens is 348 g/mol. The lowest BCUT2D eigenvalue weighted by Crippen LogP contribution is -2.48. The number of pyridine rings is 1. The third-order valence-corrected chi connectivity index (χ3v) is 5.44. The molecule has 2 unspecified atom stereocenters. The fourth-order valence-corrected chi connectivity index (χ4v) is 4.15. The van der Waals surface area contributed by atoms with Gasteiger partial charge in [-0.15, -0.1) is 0 Å². The van der Waals surface area contributed by atoms with Crippen molar-refractivity contribution in [3.05, 3.63) is 65.5 Å². The first kappa shape index (κ1) is 17.1. The van der Waals surface area contributed by atoms with Crippen LogP contribution in [0.2, 0.25) is 5.02 Å². The molecule has 2 saturated heterocycles. The molecular formula is C21H21ClN2O2. The Kier molecular flexibility index (Phi) is 4.93. The standard InChI is InChI=1S/C21H21ClN2O2/c22-16-4-1-15(2-5-16)3-8-21(25)24-17-6-7-18(24)14-20(13-17)26-19-9-11-23-12-10-19/h1-5,8-12,17-18,20H,6-7,13-14H2/b8-3+. The normalized spacial score (nSPS) is 24.8. The zero-order valence-corrected chi connectivity index (χ0v) is 15.2. The van der Waals surface area contributed by atoms with Crippen molar-refractivity contribution in [3.8, 4) is 5.75 Å². The third kappa shape index (κ3) is 3.75. The van der Waals surface area contributed by atoms with Gasteiger partial charge in [-0.05, 0) is 48.7 Å². The second kappa shape index (κ2) is 7.50. The van der Waals surface area contributed by atoms with Crippen molar-refractivity contribution in [1.82, 2.24) is 9.88 Å². The summed E-state index contributed by atoms with van der Waals surface area (Å²) in [6.07, 6.45) is 11.1. The van der Waals surface area contributed by atoms with Crippen molar-refractivity contribution in [3.63, 3.8) is 0 Å². The Labute approximate surface area is 158 Å². The van der Waals surface area contributed by atoms with Crippen LogP contribution in [-0.2, 0) is 4.79 Å². The Morgan fingerprint density at radius 2 is 1.73 bits per heavy atom. The van der Waals surface area contributed by atoms with E-state index in [4.69, 9.17) is 16.3 Å². The molecule has 134 valence electrons. The lowest BCUT2D eigenvalue weighted by Gasteiger charge is -2.38. The molecule has 2 aliphatic heterocycles. The second-order valence-electron chi connectivity index (χ2n) is 6.91. The Hall–Kier alpha value is -2.33. The maximum absolute atomic E-state index is 12.7. The monoisotopic (exact) mass is 368 g/mol. The highest BCUT2D eigenvalue weighted by Crippen LogP contribution is 2.37. The first-order chi connectivity index (χ1) is 12.7. The van der Waals surface area contributed by atoms with Crippen LogP contribution in [0.3, 0.4) is 0 Å². The minimum absolute atomic E-state index is 0.0924. The fraction of sp³-hybridized carbons (Fsp3) is 0.333. The Balaban J connectivity index is 1.39. The molecule has 1 aromatic heterocycles. The number of carbonyl (C=O) groups excluding carboxylic acids is 1. The van der Waals surface area contributed by atoms with Gasteiger partial charge in [0.25, 0.3) is 0 Å². The predicted molar refractivity (Wildman–Crippen MR) is 102 cm³/mol. The highest BCUT2D eigenvalue weighted by molar-refractivity contribution is 6.30. The number of rotatable bonds is 4. The minimum atomic E-state index is 0.0924. The highest BCUT2D eigenvalue weighted by Gasteiger charge is 2.43. The molecule has 4 rings (SSSR count). The molecule has 2 aromatic rings. The van der Waals surface area contributed by atoms with Crippen LogP contribution in [0.25, 0.3) is 6.08 Å². The summed E-state index contributed by atoms with van der Waals surface area (Å²) in [6.45, 7) is 0. The highest BCUT2D eigenvalue weighted by atomic mass is 35.5. The summed E-state index contributed by atoms with van der Waals surface area (Å²) in [6, 6.07) is 11.8. The van der Waals surface area contributed by atoms with Crippen LogP contribution < -0.4 is 4.74 Å². The van der Waals surface area contributed by atoms with Crippen molar-refractivity contribution >= 4 is 23.6 Å². The van der Waals surface area contributed by atoms with Crippen molar-refractivity contribution in [2.45, 2.75) is 43.9 Å². The molecule has 2 fully saturated rings. The van der Waals surface area contributed by atoms with E-state index < -0.39 is 0 Å². The van der Waals surface area contributed by atoms with Gasteiger partial charge in [0.05, 0.1) is 0 Å². The van der Waals surface area contributed by atoms with Gasteiger partial charge in [-0.25, -0.2) is 0 Å². The molecule has 0 N–H and O–H groups in total. The van der Waals surface area contributed by atoms with Gasteiger partial charge in [-0.3, -0.25) is 9.78 Å². The molecule has 0 aliphatic carbocycles. The lowest BCUT2D eigenvalue weighted by molar-refractivity contribution is -0.131. The molecule has 0 saturated carbocycles. The Morgan fingerprint density at radius 1 is 1.08 bits per heavy atom. The average Bonchev–Trinajstić information content (AvgIpc) is 2.93. The molecule has 2 atom stereocenters. The fourth-order valence-electron chi connectivity index (χ4n) is 4.02. The topological polar surface area (TPSA) is 42.4 Å². The van der Waals surface area contributed by atoms with Crippen LogP contribution in [0.5, 0.6) is 5.75 Å². The van der Waals surface area contributed by atoms with Crippen molar-refractivity contribution in [1.29, 1.82) is 0 Å². The van der Waals surface area contributed by atoms with Crippen LogP contribution in [0, 0.1) is 0 Å². The van der Waals surface area contributed by atoms with Gasteiger partial charge in [-0.1, -0.05) is 23.7 Å². The minimum Gasteiger partial charge on any atom is -0.490 e. The van der Waals surface area contributed by atoms with E-state index in [1.807, 2.05) is 42.5 Å². The molecule has 26 heavy (non-hydrogen) atoms. The third-order valence-electron chi connectivity index (χ3n) is 5.19. The number of piperidine rings is 1. The van der Waals surface area contributed by atoms with Gasteiger partial charge >= 0.3 is 0 Å². The van der Waals surface area contributed by atoms with E-state index in [9.17, 15) is 4.79 Å². The number of amides is 1. The lowest BCUT2D eigenvalue weighted by atomic mass is 9.99. The molecule has 0 spiro atoms. The zero-order valence-electron chi connectivity index (χ0n) is 14.4. The SMILES string of the molecule is O=C(/C=C/c1ccc(Cl)cc1)N1C2CCC1CC(Oc1ccncc1)C2. The summed E-state index contributed by atoms with van der Waals surface area (Å²) in [7, 11) is 0. The van der Waals surface area contributed by atoms with Gasteiger partial charge in [-0.2, -0.15) is 0 Å². The first-order valence-electron chi connectivity index (χ1n) is 9.01. The maximum atomic E-state index is 12.7. The van der Waals surface area contributed by atoms with E-state index >= 15 is 0 Å². The van der Waals surface area contributed by atoms with E-state index in [2.05, 4.69) is 9.88 Å². The van der Waals surface area contributed by atoms with Crippen molar-refractivity contribution < 1.29 is 9.53 Å². The number of hydrogen-bond acceptors (Lipinski definition) is 3. The van der Waals surface area contributed by atoms with Crippen molar-refractivity contribution in [2.75, 3.05) is 0 Å². The smallest absolute Gasteiger partial charge is 0.247 e. The molecule has 3 heterocycles. The summed E-state index contributed by atoms with van der Waals surface area (Å²) in [5.41, 5.74) is 0.978. The number of hydrogen-bond donors (Lipinski definition) is 0. The Morgan fingerprint density at radius 3 is 2.38 bits per heavy atom. The van der Waals surface area contributed by atoms with Crippen LogP contribution >= 0.6 is 11.6 Å². The quantitative estimate of drug-likeness (QED) is 0.753. The van der Waals surface area contributed by atoms with Crippen molar-refractivity contribution in [2.24, 2.45) is 0 Å². The molecule has 0 radical (unpaired) electrons. The number of ether oxygens (including phenoxy) is 1. The number of nitrogens with zero attached hydrogens (tertiary/aromatic N) is 2. The molecule has 5 heteroatoms. The molecule has 4 nitrogen and oxygen atoms in total. The van der Waals surface area contributed by atoms with Gasteiger partial charge in [0.15, 0.2) is 0 Å². The largest absolute Gasteiger partial charge is 0.490 e. The Bertz CT molecular complexity index is 777. The molecule has 2 bridgehead atoms. The summed E-state index contributed by atoms with van der Waals surface area (Å²) in [5.74, 6) is 0.946. The van der Waals surface area contributed by atoms with Gasteiger partial charge in [0.1, 0.15) is 11.9 Å². The van der Waals surface area contributed by atoms with Crippen LogP contribution in [-0.4, -0.2) is 34.0 Å². The predicted octanol–water partition coefficient (Wildman–Crippen LogP) is 4.35. The summed E-state index contributed by atoms with van der Waals surface area (Å²) in [4.78, 5) is 18.8. The van der Waals surface area contributed by atoms with Crippen LogP contribution in [0.1, 0.15) is 31.2 Å². The first-order valence-corrected chi connectivity index (χ1v) is 9.39. The van der Waals surface area contributed by atoms with Gasteiger partial charge < -0.3 is 9.64 Å². The maximum Gasteiger partial charge on any atom is 0.247 e. The number of halogens is 1. The van der Waals surface area contributed by atoms with Gasteiger partial charge in [0, 0.05) is 48.4 Å². The molecule has 1 amide bonds. The number of aromatic nitrogens is 1. The van der Waals surface area contributed by atoms with E-state index in [1.54, 1.807) is 18.5 Å². The van der Waals surface area contributed by atoms with E-state index in [-0.39, 0.29) is 24.1 Å². The zero-order chi connectivity index (χ0) is 17.9. The van der Waals surface area contributed by atoms with E-state index in [0.29, 0.717) is 5.02 Å². The van der Waals surface area contributed by atoms with Gasteiger partial charge in [0.2, 0.25) is 5.91 Å². The summed E-state index contributed by atoms with van der Waals surface area (Å²) < 4.78 is 6.10. The summed E-state index contributed by atoms with van der Waals surface area (Å²) in [5, 5.41) is 0.697. The van der Waals surface area contributed by atoms with E-state index in [1.165, 1.54) is 0 Å². The average molecular weight is 369 g/mol. The molecule has 1 aromatic carbocycles. The van der Waals surface area contributed by atoms with Crippen LogP contribution in [0.15, 0.2) is 54.9 Å². The number of benzene rings is 1. The second-order valence-corrected chi connectivity index (χ2v) is 7.35. The van der Waals surface area contributed by atoms with E-state index in [0.717, 1.165) is 37.0 Å². The summed E-state index contributed by atoms with van der Waals surface area (Å²) >= 11 is 5.90. The van der Waals surface area contributed by atoms with Crippen LogP contribution in [0.4, 0.5) is 0 Å². The number of carbonyl (C=O) groups is 1. The number of fused-ring (bicyclic) bond motifs is 2. The molecule has 2 aliphatic rings.